The SMILES string of the molecule is CCC(CC#N)N(CC(=O)OC)C1CCCC1. The van der Waals surface area contributed by atoms with Gasteiger partial charge in [0.1, 0.15) is 0 Å². The van der Waals surface area contributed by atoms with E-state index >= 15 is 0 Å². The topological polar surface area (TPSA) is 53.3 Å². The first kappa shape index (κ1) is 14.0. The van der Waals surface area contributed by atoms with Gasteiger partial charge in [-0.2, -0.15) is 5.26 Å². The Balaban J connectivity index is 2.68. The highest BCUT2D eigenvalue weighted by Crippen LogP contribution is 2.26. The van der Waals surface area contributed by atoms with Crippen LogP contribution in [-0.2, 0) is 9.53 Å². The molecule has 1 unspecified atom stereocenters. The number of ether oxygens (including phenoxy) is 1. The Morgan fingerprint density at radius 3 is 2.65 bits per heavy atom. The van der Waals surface area contributed by atoms with E-state index in [1.807, 2.05) is 0 Å². The Morgan fingerprint density at radius 1 is 1.53 bits per heavy atom. The van der Waals surface area contributed by atoms with E-state index in [4.69, 9.17) is 10.00 Å². The number of carbonyl (C=O) groups is 1. The monoisotopic (exact) mass is 238 g/mol. The lowest BCUT2D eigenvalue weighted by Gasteiger charge is -2.33. The second-order valence-corrected chi connectivity index (χ2v) is 4.61. The van der Waals surface area contributed by atoms with Crippen molar-refractivity contribution in [2.75, 3.05) is 13.7 Å². The summed E-state index contributed by atoms with van der Waals surface area (Å²) >= 11 is 0. The number of nitrogens with zero attached hydrogens (tertiary/aromatic N) is 2. The van der Waals surface area contributed by atoms with Gasteiger partial charge in [-0.15, -0.1) is 0 Å². The van der Waals surface area contributed by atoms with Crippen LogP contribution in [-0.4, -0.2) is 36.6 Å². The Morgan fingerprint density at radius 2 is 2.18 bits per heavy atom. The van der Waals surface area contributed by atoms with Gasteiger partial charge < -0.3 is 4.74 Å². The third kappa shape index (κ3) is 4.01. The van der Waals surface area contributed by atoms with Crippen LogP contribution in [0.4, 0.5) is 0 Å². The normalized spacial score (nSPS) is 18.0. The van der Waals surface area contributed by atoms with Crippen molar-refractivity contribution in [1.82, 2.24) is 4.90 Å². The average molecular weight is 238 g/mol. The average Bonchev–Trinajstić information content (AvgIpc) is 2.86. The summed E-state index contributed by atoms with van der Waals surface area (Å²) in [7, 11) is 1.42. The molecule has 1 rings (SSSR count). The molecule has 96 valence electrons. The van der Waals surface area contributed by atoms with Gasteiger partial charge in [0, 0.05) is 12.1 Å². The highest BCUT2D eigenvalue weighted by atomic mass is 16.5. The quantitative estimate of drug-likeness (QED) is 0.665. The molecule has 0 radical (unpaired) electrons. The van der Waals surface area contributed by atoms with Crippen molar-refractivity contribution < 1.29 is 9.53 Å². The summed E-state index contributed by atoms with van der Waals surface area (Å²) in [5.74, 6) is -0.201. The minimum Gasteiger partial charge on any atom is -0.468 e. The van der Waals surface area contributed by atoms with Gasteiger partial charge in [0.05, 0.1) is 26.1 Å². The molecule has 4 nitrogen and oxygen atoms in total. The molecular weight excluding hydrogens is 216 g/mol. The van der Waals surface area contributed by atoms with Gasteiger partial charge >= 0.3 is 5.97 Å². The molecule has 1 aliphatic rings. The molecule has 1 saturated carbocycles. The molecule has 0 bridgehead atoms. The van der Waals surface area contributed by atoms with E-state index in [1.54, 1.807) is 0 Å². The number of hydrogen-bond acceptors (Lipinski definition) is 4. The minimum atomic E-state index is -0.201. The lowest BCUT2D eigenvalue weighted by atomic mass is 10.1. The largest absolute Gasteiger partial charge is 0.468 e. The Bertz CT molecular complexity index is 280. The molecule has 0 aromatic heterocycles. The zero-order chi connectivity index (χ0) is 12.7. The number of rotatable bonds is 6. The minimum absolute atomic E-state index is 0.183. The summed E-state index contributed by atoms with van der Waals surface area (Å²) < 4.78 is 4.75. The zero-order valence-corrected chi connectivity index (χ0v) is 10.8. The summed E-state index contributed by atoms with van der Waals surface area (Å²) in [6.45, 7) is 2.39. The van der Waals surface area contributed by atoms with Crippen LogP contribution in [0.25, 0.3) is 0 Å². The highest BCUT2D eigenvalue weighted by molar-refractivity contribution is 5.71. The van der Waals surface area contributed by atoms with E-state index in [1.165, 1.54) is 20.0 Å². The smallest absolute Gasteiger partial charge is 0.319 e. The second kappa shape index (κ2) is 7.29. The summed E-state index contributed by atoms with van der Waals surface area (Å²) in [5.41, 5.74) is 0. The maximum atomic E-state index is 11.5. The van der Waals surface area contributed by atoms with Gasteiger partial charge in [-0.1, -0.05) is 19.8 Å². The van der Waals surface area contributed by atoms with E-state index in [2.05, 4.69) is 17.9 Å². The van der Waals surface area contributed by atoms with Gasteiger partial charge in [-0.25, -0.2) is 0 Å². The van der Waals surface area contributed by atoms with Crippen LogP contribution in [0.2, 0.25) is 0 Å². The first-order chi connectivity index (χ1) is 8.22. The molecule has 4 heteroatoms. The fraction of sp³-hybridized carbons (Fsp3) is 0.846. The maximum Gasteiger partial charge on any atom is 0.319 e. The van der Waals surface area contributed by atoms with E-state index in [-0.39, 0.29) is 12.0 Å². The van der Waals surface area contributed by atoms with Crippen LogP contribution in [0, 0.1) is 11.3 Å². The molecule has 0 aliphatic heterocycles. The van der Waals surface area contributed by atoms with Gasteiger partial charge in [-0.3, -0.25) is 9.69 Å². The van der Waals surface area contributed by atoms with Crippen LogP contribution in [0.5, 0.6) is 0 Å². The van der Waals surface area contributed by atoms with E-state index in [0.717, 1.165) is 19.3 Å². The summed E-state index contributed by atoms with van der Waals surface area (Å²) in [5, 5.41) is 8.86. The molecule has 0 spiro atoms. The highest BCUT2D eigenvalue weighted by Gasteiger charge is 2.29. The first-order valence-corrected chi connectivity index (χ1v) is 6.42. The Hall–Kier alpha value is -1.08. The van der Waals surface area contributed by atoms with Gasteiger partial charge in [-0.05, 0) is 19.3 Å². The third-order valence-electron chi connectivity index (χ3n) is 3.60. The van der Waals surface area contributed by atoms with Crippen LogP contribution in [0.1, 0.15) is 45.4 Å². The number of carbonyl (C=O) groups excluding carboxylic acids is 1. The van der Waals surface area contributed by atoms with E-state index in [9.17, 15) is 4.79 Å². The van der Waals surface area contributed by atoms with Crippen molar-refractivity contribution in [1.29, 1.82) is 5.26 Å². The Labute approximate surface area is 104 Å². The van der Waals surface area contributed by atoms with Crippen molar-refractivity contribution in [3.63, 3.8) is 0 Å². The van der Waals surface area contributed by atoms with Gasteiger partial charge in [0.2, 0.25) is 0 Å². The summed E-state index contributed by atoms with van der Waals surface area (Å²) in [6.07, 6.45) is 6.12. The van der Waals surface area contributed by atoms with Crippen LogP contribution in [0.3, 0.4) is 0 Å². The molecule has 0 N–H and O–H groups in total. The van der Waals surface area contributed by atoms with Gasteiger partial charge in [0.25, 0.3) is 0 Å². The molecule has 0 heterocycles. The third-order valence-corrected chi connectivity index (χ3v) is 3.60. The lowest BCUT2D eigenvalue weighted by molar-refractivity contribution is -0.143. The standard InChI is InChI=1S/C13H22N2O2/c1-3-11(8-9-14)15(10-13(16)17-2)12-6-4-5-7-12/h11-12H,3-8,10H2,1-2H3. The van der Waals surface area contributed by atoms with Crippen molar-refractivity contribution in [3.05, 3.63) is 0 Å². The molecule has 0 aromatic carbocycles. The fourth-order valence-electron chi connectivity index (χ4n) is 2.61. The second-order valence-electron chi connectivity index (χ2n) is 4.61. The molecule has 1 atom stereocenters. The molecule has 1 aliphatic carbocycles. The molecule has 0 saturated heterocycles. The molecule has 0 aromatic rings. The van der Waals surface area contributed by atoms with Crippen molar-refractivity contribution in [2.24, 2.45) is 0 Å². The van der Waals surface area contributed by atoms with Crippen LogP contribution < -0.4 is 0 Å². The fourth-order valence-corrected chi connectivity index (χ4v) is 2.61. The van der Waals surface area contributed by atoms with Gasteiger partial charge in [0.15, 0.2) is 0 Å². The Kier molecular flexibility index (Phi) is 5.99. The van der Waals surface area contributed by atoms with Crippen LogP contribution in [0.15, 0.2) is 0 Å². The summed E-state index contributed by atoms with van der Waals surface area (Å²) in [4.78, 5) is 13.6. The number of methoxy groups -OCH3 is 1. The lowest BCUT2D eigenvalue weighted by Crippen LogP contribution is -2.45. The number of hydrogen-bond donors (Lipinski definition) is 0. The molecule has 0 amide bonds. The molecule has 17 heavy (non-hydrogen) atoms. The molecule has 1 fully saturated rings. The van der Waals surface area contributed by atoms with E-state index in [0.29, 0.717) is 19.0 Å². The van der Waals surface area contributed by atoms with Crippen molar-refractivity contribution in [2.45, 2.75) is 57.5 Å². The summed E-state index contributed by atoms with van der Waals surface area (Å²) in [6, 6.07) is 2.85. The van der Waals surface area contributed by atoms with E-state index < -0.39 is 0 Å². The first-order valence-electron chi connectivity index (χ1n) is 6.42. The van der Waals surface area contributed by atoms with Crippen molar-refractivity contribution >= 4 is 5.97 Å². The maximum absolute atomic E-state index is 11.5. The van der Waals surface area contributed by atoms with Crippen LogP contribution >= 0.6 is 0 Å². The van der Waals surface area contributed by atoms with Crippen molar-refractivity contribution in [3.8, 4) is 6.07 Å². The predicted octanol–water partition coefficient (Wildman–Crippen LogP) is 2.10. The molecular formula is C13H22N2O2. The zero-order valence-electron chi connectivity index (χ0n) is 10.8. The number of esters is 1. The number of nitriles is 1. The predicted molar refractivity (Wildman–Crippen MR) is 65.3 cm³/mol.